The lowest BCUT2D eigenvalue weighted by Gasteiger charge is -2.31. The largest absolute Gasteiger partial charge is 0.326 e. The molecule has 3 rings (SSSR count). The predicted molar refractivity (Wildman–Crippen MR) is 112 cm³/mol. The van der Waals surface area contributed by atoms with E-state index in [4.69, 9.17) is 16.9 Å². The molecule has 0 radical (unpaired) electrons. The van der Waals surface area contributed by atoms with Crippen molar-refractivity contribution < 1.29 is 13.2 Å². The number of hydrogen-bond donors (Lipinski definition) is 2. The van der Waals surface area contributed by atoms with Gasteiger partial charge in [-0.25, -0.2) is 8.42 Å². The van der Waals surface area contributed by atoms with Gasteiger partial charge in [0.2, 0.25) is 5.91 Å². The molecule has 1 amide bonds. The Bertz CT molecular complexity index is 1020. The molecule has 0 aliphatic carbocycles. The quantitative estimate of drug-likeness (QED) is 0.665. The topological polar surface area (TPSA) is 128 Å². The van der Waals surface area contributed by atoms with Gasteiger partial charge in [0.25, 0.3) is 10.0 Å². The molecule has 2 heterocycles. The van der Waals surface area contributed by atoms with E-state index in [1.165, 1.54) is 36.4 Å². The van der Waals surface area contributed by atoms with Crippen LogP contribution in [0.1, 0.15) is 19.3 Å². The van der Waals surface area contributed by atoms with Crippen molar-refractivity contribution in [1.82, 2.24) is 15.1 Å². The summed E-state index contributed by atoms with van der Waals surface area (Å²) in [5.74, 6) is -0.220. The number of amides is 1. The molecule has 0 bridgehead atoms. The minimum Gasteiger partial charge on any atom is -0.326 e. The third-order valence-corrected chi connectivity index (χ3v) is 6.29. The highest BCUT2D eigenvalue weighted by atomic mass is 35.5. The van der Waals surface area contributed by atoms with Crippen LogP contribution in [0.2, 0.25) is 5.15 Å². The first-order valence-electron chi connectivity index (χ1n) is 9.39. The van der Waals surface area contributed by atoms with Gasteiger partial charge in [0.1, 0.15) is 0 Å². The van der Waals surface area contributed by atoms with E-state index < -0.39 is 10.0 Å². The van der Waals surface area contributed by atoms with Crippen LogP contribution in [0.15, 0.2) is 41.3 Å². The summed E-state index contributed by atoms with van der Waals surface area (Å²) >= 11 is 5.64. The fourth-order valence-electron chi connectivity index (χ4n) is 3.21. The summed E-state index contributed by atoms with van der Waals surface area (Å²) in [6.45, 7) is 2.17. The average molecular weight is 449 g/mol. The monoisotopic (exact) mass is 448 g/mol. The van der Waals surface area contributed by atoms with E-state index in [0.717, 1.165) is 19.4 Å². The van der Waals surface area contributed by atoms with Crippen LogP contribution in [0.5, 0.6) is 0 Å². The van der Waals surface area contributed by atoms with Gasteiger partial charge in [-0.15, -0.1) is 10.2 Å². The summed E-state index contributed by atoms with van der Waals surface area (Å²) in [6, 6.07) is 10.8. The number of anilines is 2. The zero-order valence-corrected chi connectivity index (χ0v) is 17.7. The molecule has 0 saturated carbocycles. The van der Waals surface area contributed by atoms with Crippen LogP contribution < -0.4 is 10.0 Å². The molecule has 2 aromatic rings. The van der Waals surface area contributed by atoms with Crippen LogP contribution in [0.3, 0.4) is 0 Å². The molecular weight excluding hydrogens is 428 g/mol. The van der Waals surface area contributed by atoms with Crippen molar-refractivity contribution in [2.24, 2.45) is 5.92 Å². The molecule has 2 N–H and O–H groups in total. The Morgan fingerprint density at radius 2 is 2.00 bits per heavy atom. The summed E-state index contributed by atoms with van der Waals surface area (Å²) in [4.78, 5) is 14.7. The molecule has 1 aliphatic rings. The lowest BCUT2D eigenvalue weighted by molar-refractivity contribution is -0.121. The number of halogens is 1. The third kappa shape index (κ3) is 5.89. The molecule has 0 spiro atoms. The number of likely N-dealkylation sites (tertiary alicyclic amines) is 1. The molecule has 1 aromatic carbocycles. The van der Waals surface area contributed by atoms with E-state index in [9.17, 15) is 13.2 Å². The molecule has 1 unspecified atom stereocenters. The van der Waals surface area contributed by atoms with Gasteiger partial charge in [-0.1, -0.05) is 11.6 Å². The second-order valence-corrected chi connectivity index (χ2v) is 8.98. The van der Waals surface area contributed by atoms with E-state index in [0.29, 0.717) is 25.2 Å². The summed E-state index contributed by atoms with van der Waals surface area (Å²) < 4.78 is 27.2. The Morgan fingerprint density at radius 3 is 2.67 bits per heavy atom. The van der Waals surface area contributed by atoms with Gasteiger partial charge >= 0.3 is 0 Å². The number of hydrogen-bond acceptors (Lipinski definition) is 7. The molecule has 1 aliphatic heterocycles. The van der Waals surface area contributed by atoms with Crippen LogP contribution in [-0.4, -0.2) is 49.1 Å². The van der Waals surface area contributed by atoms with Crippen molar-refractivity contribution >= 4 is 39.0 Å². The zero-order valence-electron chi connectivity index (χ0n) is 16.1. The lowest BCUT2D eigenvalue weighted by Crippen LogP contribution is -2.41. The molecule has 1 atom stereocenters. The summed E-state index contributed by atoms with van der Waals surface area (Å²) in [6.07, 6.45) is 2.13. The number of carbonyl (C=O) groups is 1. The Labute approximate surface area is 180 Å². The van der Waals surface area contributed by atoms with E-state index in [2.05, 4.69) is 31.2 Å². The number of sulfonamides is 1. The first-order valence-corrected chi connectivity index (χ1v) is 11.3. The lowest BCUT2D eigenvalue weighted by atomic mass is 9.97. The zero-order chi connectivity index (χ0) is 21.6. The Kier molecular flexibility index (Phi) is 7.20. The number of aromatic nitrogens is 2. The van der Waals surface area contributed by atoms with Crippen LogP contribution in [0, 0.1) is 17.2 Å². The number of nitrogens with one attached hydrogen (secondary N) is 2. The summed E-state index contributed by atoms with van der Waals surface area (Å²) in [5.41, 5.74) is 0.513. The number of piperidine rings is 1. The van der Waals surface area contributed by atoms with Crippen molar-refractivity contribution in [3.05, 3.63) is 41.6 Å². The maximum absolute atomic E-state index is 12.6. The standard InChI is InChI=1S/C19H21ClN6O3S/c20-17-8-9-18(24-23-17)25-30(28,29)16-6-4-15(5-7-16)22-19(27)14-3-1-11-26(13-14)12-2-10-21/h4-9,14H,1-3,11-13H2,(H,22,27)(H,24,25). The Hall–Kier alpha value is -2.74. The van der Waals surface area contributed by atoms with Crippen molar-refractivity contribution in [3.63, 3.8) is 0 Å². The average Bonchev–Trinajstić information content (AvgIpc) is 2.74. The molecule has 1 saturated heterocycles. The predicted octanol–water partition coefficient (Wildman–Crippen LogP) is 2.49. The molecular formula is C19H21ClN6O3S. The molecule has 1 aromatic heterocycles. The van der Waals surface area contributed by atoms with Gasteiger partial charge in [0.15, 0.2) is 11.0 Å². The van der Waals surface area contributed by atoms with Gasteiger partial charge in [0, 0.05) is 25.2 Å². The molecule has 30 heavy (non-hydrogen) atoms. The maximum atomic E-state index is 12.6. The highest BCUT2D eigenvalue weighted by molar-refractivity contribution is 7.92. The van der Waals surface area contributed by atoms with Crippen LogP contribution in [0.4, 0.5) is 11.5 Å². The second kappa shape index (κ2) is 9.84. The van der Waals surface area contributed by atoms with Gasteiger partial charge in [-0.3, -0.25) is 9.52 Å². The van der Waals surface area contributed by atoms with Crippen LogP contribution in [-0.2, 0) is 14.8 Å². The van der Waals surface area contributed by atoms with Crippen LogP contribution >= 0.6 is 11.6 Å². The third-order valence-electron chi connectivity index (χ3n) is 4.72. The maximum Gasteiger partial charge on any atom is 0.263 e. The summed E-state index contributed by atoms with van der Waals surface area (Å²) in [5, 5.41) is 19.0. The summed E-state index contributed by atoms with van der Waals surface area (Å²) in [7, 11) is -3.85. The number of carbonyl (C=O) groups excluding carboxylic acids is 1. The van der Waals surface area contributed by atoms with E-state index in [1.807, 2.05) is 0 Å². The minimum absolute atomic E-state index is 0.0255. The number of nitriles is 1. The van der Waals surface area contributed by atoms with E-state index in [1.54, 1.807) is 0 Å². The molecule has 158 valence electrons. The van der Waals surface area contributed by atoms with E-state index >= 15 is 0 Å². The molecule has 11 heteroatoms. The number of rotatable bonds is 7. The van der Waals surface area contributed by atoms with Crippen molar-refractivity contribution in [2.75, 3.05) is 29.7 Å². The molecule has 1 fully saturated rings. The fourth-order valence-corrected chi connectivity index (χ4v) is 4.31. The molecule has 9 nitrogen and oxygen atoms in total. The van der Waals surface area contributed by atoms with Crippen molar-refractivity contribution in [2.45, 2.75) is 24.2 Å². The van der Waals surface area contributed by atoms with Crippen molar-refractivity contribution in [3.8, 4) is 6.07 Å². The SMILES string of the molecule is N#CCCN1CCCC(C(=O)Nc2ccc(S(=O)(=O)Nc3ccc(Cl)nn3)cc2)C1. The Balaban J connectivity index is 1.60. The minimum atomic E-state index is -3.85. The van der Waals surface area contributed by atoms with E-state index in [-0.39, 0.29) is 27.7 Å². The van der Waals surface area contributed by atoms with Gasteiger partial charge in [0.05, 0.1) is 16.9 Å². The number of nitrogens with zero attached hydrogens (tertiary/aromatic N) is 4. The highest BCUT2D eigenvalue weighted by Gasteiger charge is 2.25. The van der Waals surface area contributed by atoms with Crippen LogP contribution in [0.25, 0.3) is 0 Å². The first-order chi connectivity index (χ1) is 14.4. The normalized spacial score (nSPS) is 17.1. The number of benzene rings is 1. The van der Waals surface area contributed by atoms with Gasteiger partial charge in [-0.2, -0.15) is 5.26 Å². The van der Waals surface area contributed by atoms with Gasteiger partial charge in [-0.05, 0) is 55.8 Å². The van der Waals surface area contributed by atoms with Crippen molar-refractivity contribution in [1.29, 1.82) is 5.26 Å². The fraction of sp³-hybridized carbons (Fsp3) is 0.368. The highest BCUT2D eigenvalue weighted by Crippen LogP contribution is 2.21. The smallest absolute Gasteiger partial charge is 0.263 e. The van der Waals surface area contributed by atoms with Gasteiger partial charge < -0.3 is 10.2 Å². The second-order valence-electron chi connectivity index (χ2n) is 6.91. The Morgan fingerprint density at radius 1 is 1.23 bits per heavy atom. The first kappa shape index (κ1) is 22.0.